The minimum absolute atomic E-state index is 0. The van der Waals surface area contributed by atoms with Crippen LogP contribution >= 0.6 is 35.8 Å². The fourth-order valence-corrected chi connectivity index (χ4v) is 5.55. The summed E-state index contributed by atoms with van der Waals surface area (Å²) >= 11 is 5.92. The van der Waals surface area contributed by atoms with Gasteiger partial charge in [-0.3, -0.25) is 23.9 Å². The Morgan fingerprint density at radius 3 is 2.38 bits per heavy atom. The number of esters is 1. The van der Waals surface area contributed by atoms with Crippen molar-refractivity contribution >= 4 is 76.0 Å². The second-order valence-electron chi connectivity index (χ2n) is 10.4. The molecule has 3 aromatic carbocycles. The number of carbonyl (C=O) groups is 3. The van der Waals surface area contributed by atoms with Gasteiger partial charge in [0.25, 0.3) is 0 Å². The number of hydrogen-bond acceptors (Lipinski definition) is 7. The van der Waals surface area contributed by atoms with Crippen LogP contribution in [0.1, 0.15) is 30.1 Å². The summed E-state index contributed by atoms with van der Waals surface area (Å²) in [6, 6.07) is 14.2. The third kappa shape index (κ3) is 10.1. The number of aromatic nitrogens is 1. The normalized spacial score (nSPS) is 12.0. The Balaban J connectivity index is 0.00000625. The Kier molecular flexibility index (Phi) is 13.7. The van der Waals surface area contributed by atoms with Crippen LogP contribution in [0.3, 0.4) is 0 Å². The second kappa shape index (κ2) is 17.0. The number of para-hydroxylation sites is 1. The van der Waals surface area contributed by atoms with Gasteiger partial charge in [0, 0.05) is 27.9 Å². The average molecular weight is 732 g/mol. The van der Waals surface area contributed by atoms with Crippen molar-refractivity contribution in [3.63, 3.8) is 0 Å². The molecule has 16 heteroatoms. The predicted molar refractivity (Wildman–Crippen MR) is 179 cm³/mol. The Morgan fingerprint density at radius 2 is 1.75 bits per heavy atom. The molecule has 1 heterocycles. The number of urea groups is 1. The number of thioether (sulfide) groups is 1. The number of fused-ring (bicyclic) bond motifs is 1. The summed E-state index contributed by atoms with van der Waals surface area (Å²) in [4.78, 5) is 46.7. The first-order valence-electron chi connectivity index (χ1n) is 14.3. The van der Waals surface area contributed by atoms with E-state index < -0.39 is 35.3 Å². The zero-order valence-electron chi connectivity index (χ0n) is 25.9. The molecule has 1 atom stereocenters. The third-order valence-electron chi connectivity index (χ3n) is 6.87. The maximum absolute atomic E-state index is 14.4. The molecule has 2 amide bonds. The molecule has 0 fully saturated rings. The number of alkyl halides is 3. The summed E-state index contributed by atoms with van der Waals surface area (Å²) in [5.41, 5.74) is -3.46. The lowest BCUT2D eigenvalue weighted by atomic mass is 10.1. The van der Waals surface area contributed by atoms with E-state index in [1.54, 1.807) is 56.3 Å². The molecule has 4 aromatic rings. The Hall–Kier alpha value is -3.82. The molecular weight excluding hydrogens is 699 g/mol. The van der Waals surface area contributed by atoms with Crippen molar-refractivity contribution < 1.29 is 41.5 Å². The van der Waals surface area contributed by atoms with Crippen molar-refractivity contribution in [3.05, 3.63) is 89.3 Å². The number of nitrogens with zero attached hydrogens (tertiary/aromatic N) is 3. The van der Waals surface area contributed by atoms with Crippen LogP contribution in [0.5, 0.6) is 0 Å². The van der Waals surface area contributed by atoms with Crippen molar-refractivity contribution in [2.45, 2.75) is 42.8 Å². The van der Waals surface area contributed by atoms with Gasteiger partial charge in [0.15, 0.2) is 0 Å². The molecule has 1 N–H and O–H groups in total. The number of likely N-dealkylation sites (N-methyl/N-ethyl adjacent to an activating group) is 1. The number of hydrogen-bond donors (Lipinski definition) is 1. The molecule has 1 aromatic heterocycles. The smallest absolute Gasteiger partial charge is 0.446 e. The summed E-state index contributed by atoms with van der Waals surface area (Å²) in [5.74, 6) is -1.47. The van der Waals surface area contributed by atoms with Crippen molar-refractivity contribution in [1.29, 1.82) is 0 Å². The molecule has 0 spiro atoms. The quantitative estimate of drug-likeness (QED) is 0.0676. The Labute approximate surface area is 289 Å². The molecule has 48 heavy (non-hydrogen) atoms. The number of anilines is 2. The maximum atomic E-state index is 14.4. The van der Waals surface area contributed by atoms with Gasteiger partial charge in [-0.15, -0.1) is 12.4 Å². The summed E-state index contributed by atoms with van der Waals surface area (Å²) in [6.07, 6.45) is 1.45. The highest BCUT2D eigenvalue weighted by Gasteiger charge is 2.30. The number of rotatable bonds is 12. The molecule has 0 bridgehead atoms. The number of benzene rings is 3. The first kappa shape index (κ1) is 38.6. The van der Waals surface area contributed by atoms with Gasteiger partial charge in [0.2, 0.25) is 5.91 Å². The van der Waals surface area contributed by atoms with Gasteiger partial charge in [-0.05, 0) is 87.2 Å². The van der Waals surface area contributed by atoms with E-state index in [1.807, 2.05) is 0 Å². The first-order valence-corrected chi connectivity index (χ1v) is 15.5. The molecule has 1 unspecified atom stereocenters. The van der Waals surface area contributed by atoms with Crippen molar-refractivity contribution in [2.24, 2.45) is 0 Å². The van der Waals surface area contributed by atoms with Crippen LogP contribution in [0.15, 0.2) is 77.8 Å². The number of halogens is 6. The summed E-state index contributed by atoms with van der Waals surface area (Å²) < 4.78 is 59.1. The van der Waals surface area contributed by atoms with Crippen molar-refractivity contribution in [1.82, 2.24) is 9.47 Å². The molecule has 9 nitrogen and oxygen atoms in total. The van der Waals surface area contributed by atoms with Crippen LogP contribution in [0.2, 0.25) is 5.02 Å². The molecule has 0 saturated heterocycles. The summed E-state index contributed by atoms with van der Waals surface area (Å²) in [6.45, 7) is 1.59. The predicted octanol–water partition coefficient (Wildman–Crippen LogP) is 8.55. The van der Waals surface area contributed by atoms with Gasteiger partial charge in [-0.1, -0.05) is 35.9 Å². The molecule has 0 radical (unpaired) electrons. The van der Waals surface area contributed by atoms with Gasteiger partial charge in [-0.2, -0.15) is 18.2 Å². The Morgan fingerprint density at radius 1 is 1.04 bits per heavy atom. The van der Waals surface area contributed by atoms with Crippen LogP contribution in [0.25, 0.3) is 10.9 Å². The van der Waals surface area contributed by atoms with E-state index in [-0.39, 0.29) is 71.2 Å². The highest BCUT2D eigenvalue weighted by molar-refractivity contribution is 8.00. The topological polar surface area (TPSA) is 93.1 Å². The highest BCUT2D eigenvalue weighted by atomic mass is 35.5. The van der Waals surface area contributed by atoms with E-state index in [0.717, 1.165) is 11.1 Å². The number of nitrogens with one attached hydrogen (secondary N) is 1. The lowest BCUT2D eigenvalue weighted by molar-refractivity contribution is -0.148. The molecule has 4 rings (SSSR count). The van der Waals surface area contributed by atoms with Gasteiger partial charge >= 0.3 is 17.5 Å². The van der Waals surface area contributed by atoms with E-state index in [9.17, 15) is 31.9 Å². The van der Waals surface area contributed by atoms with E-state index >= 15 is 0 Å². The van der Waals surface area contributed by atoms with E-state index in [4.69, 9.17) is 21.2 Å². The molecular formula is C32H32Cl2F4N4O5S. The van der Waals surface area contributed by atoms with Crippen LogP contribution in [0.4, 0.5) is 33.7 Å². The molecule has 258 valence electrons. The van der Waals surface area contributed by atoms with E-state index in [2.05, 4.69) is 5.32 Å². The minimum Gasteiger partial charge on any atom is -0.465 e. The molecule has 0 aliphatic rings. The highest BCUT2D eigenvalue weighted by Crippen LogP contribution is 2.38. The number of carbonyl (C=O) groups excluding carboxylic acids is 3. The van der Waals surface area contributed by atoms with Crippen LogP contribution < -0.4 is 10.4 Å². The lowest BCUT2D eigenvalue weighted by Gasteiger charge is -2.22. The molecule has 0 aliphatic carbocycles. The van der Waals surface area contributed by atoms with Crippen LogP contribution in [-0.4, -0.2) is 59.6 Å². The Bertz CT molecular complexity index is 1740. The number of amides is 2. The molecule has 0 saturated carbocycles. The van der Waals surface area contributed by atoms with Crippen LogP contribution in [-0.2, 0) is 21.0 Å². The maximum Gasteiger partial charge on any atom is 0.446 e. The van der Waals surface area contributed by atoms with Gasteiger partial charge in [0.1, 0.15) is 18.5 Å². The lowest BCUT2D eigenvalue weighted by Crippen LogP contribution is -2.37. The van der Waals surface area contributed by atoms with Crippen LogP contribution in [0, 0.1) is 5.82 Å². The zero-order valence-corrected chi connectivity index (χ0v) is 28.3. The van der Waals surface area contributed by atoms with Gasteiger partial charge < -0.3 is 10.1 Å². The van der Waals surface area contributed by atoms with Crippen molar-refractivity contribution in [2.75, 3.05) is 31.1 Å². The zero-order chi connectivity index (χ0) is 34.3. The van der Waals surface area contributed by atoms with E-state index in [1.165, 1.54) is 41.1 Å². The van der Waals surface area contributed by atoms with Gasteiger partial charge in [-0.25, -0.2) is 9.18 Å². The second-order valence-corrected chi connectivity index (χ2v) is 11.9. The fraction of sp³-hybridized carbons (Fsp3) is 0.281. The van der Waals surface area contributed by atoms with Gasteiger partial charge in [0.05, 0.1) is 23.5 Å². The first-order chi connectivity index (χ1) is 22.3. The standard InChI is InChI=1S/C32H31ClF4N4O5S.ClH/c1-4-45-30(43)28(39(2)3)14-15-29(42)40-18-26(24-16-21(34)11-13-27(24)40)38-31(44)41(22-8-6-5-7-9-22)46-19-20-10-12-23(17-25(20)33)47-32(35,36)37;/h5-13,16-18,28H,4,14-15,19H2,1-3H3,(H,38,44);1H. The van der Waals surface area contributed by atoms with E-state index in [0.29, 0.717) is 16.8 Å². The van der Waals surface area contributed by atoms with Crippen molar-refractivity contribution in [3.8, 4) is 0 Å². The minimum atomic E-state index is -4.49. The SMILES string of the molecule is CCOC(=O)C(CCC(=O)n1cc(NC(=O)N(OCc2ccc(SC(F)(F)F)cc2Cl)c2ccccc2)c2cc(F)ccc21)N(C)C.Cl. The molecule has 0 aliphatic heterocycles. The number of hydroxylamine groups is 1. The average Bonchev–Trinajstić information content (AvgIpc) is 3.35. The summed E-state index contributed by atoms with van der Waals surface area (Å²) in [5, 5.41) is 3.82. The summed E-state index contributed by atoms with van der Waals surface area (Å²) in [7, 11) is 3.40. The monoisotopic (exact) mass is 730 g/mol. The fourth-order valence-electron chi connectivity index (χ4n) is 4.67. The number of ether oxygens (including phenoxy) is 1. The third-order valence-corrected chi connectivity index (χ3v) is 7.95. The largest absolute Gasteiger partial charge is 0.465 e.